The molecule has 0 bridgehead atoms. The fraction of sp³-hybridized carbons (Fsp3) is 0.324. The number of rotatable bonds is 7. The van der Waals surface area contributed by atoms with Crippen molar-refractivity contribution in [2.24, 2.45) is 7.05 Å². The number of nitrogens with zero attached hydrogens (tertiary/aromatic N) is 5. The zero-order chi connectivity index (χ0) is 31.6. The fourth-order valence-electron chi connectivity index (χ4n) is 6.00. The van der Waals surface area contributed by atoms with Crippen LogP contribution in [0.15, 0.2) is 97.2 Å². The summed E-state index contributed by atoms with van der Waals surface area (Å²) in [7, 11) is 4.11. The number of likely N-dealkylation sites (tertiary alicyclic amines) is 1. The molecular formula is C37H41N5O3. The average molecular weight is 604 g/mol. The largest absolute Gasteiger partial charge is 0.464 e. The Balaban J connectivity index is 1.25. The topological polar surface area (TPSA) is 72.7 Å². The van der Waals surface area contributed by atoms with Crippen LogP contribution in [0.3, 0.4) is 0 Å². The molecule has 0 atom stereocenters. The van der Waals surface area contributed by atoms with Gasteiger partial charge in [0.25, 0.3) is 0 Å². The lowest BCUT2D eigenvalue weighted by Crippen LogP contribution is -2.47. The van der Waals surface area contributed by atoms with Gasteiger partial charge in [0.2, 0.25) is 5.88 Å². The molecule has 0 aliphatic carbocycles. The van der Waals surface area contributed by atoms with Crippen molar-refractivity contribution in [3.63, 3.8) is 0 Å². The van der Waals surface area contributed by atoms with Gasteiger partial charge in [0.15, 0.2) is 6.10 Å². The molecule has 0 radical (unpaired) electrons. The Morgan fingerprint density at radius 2 is 1.56 bits per heavy atom. The second-order valence-electron chi connectivity index (χ2n) is 12.7. The van der Waals surface area contributed by atoms with Crippen molar-refractivity contribution in [3.8, 4) is 17.1 Å². The summed E-state index contributed by atoms with van der Waals surface area (Å²) >= 11 is 0. The number of pyridine rings is 1. The summed E-state index contributed by atoms with van der Waals surface area (Å²) in [6.45, 7) is 7.07. The SMILES string of the molecule is CN(c1ccc2c(-c3cccnc3OC(c3ccccc3)c3ccccc3)nn(C)c2c1)C1CCN(C(=O)OC(C)(C)C)CC1. The van der Waals surface area contributed by atoms with Crippen LogP contribution in [-0.2, 0) is 11.8 Å². The van der Waals surface area contributed by atoms with Crippen LogP contribution >= 0.6 is 0 Å². The van der Waals surface area contributed by atoms with E-state index in [2.05, 4.69) is 54.4 Å². The number of aryl methyl sites for hydroxylation is 1. The number of carbonyl (C=O) groups is 1. The van der Waals surface area contributed by atoms with Gasteiger partial charge in [-0.05, 0) is 75.1 Å². The molecule has 6 rings (SSSR count). The van der Waals surface area contributed by atoms with E-state index in [0.717, 1.165) is 51.8 Å². The van der Waals surface area contributed by atoms with Crippen LogP contribution in [0.4, 0.5) is 10.5 Å². The normalized spacial score (nSPS) is 14.1. The second kappa shape index (κ2) is 12.6. The monoisotopic (exact) mass is 603 g/mol. The zero-order valence-electron chi connectivity index (χ0n) is 26.7. The van der Waals surface area contributed by atoms with Crippen molar-refractivity contribution in [1.82, 2.24) is 19.7 Å². The first-order valence-corrected chi connectivity index (χ1v) is 15.6. The van der Waals surface area contributed by atoms with Gasteiger partial charge in [0.1, 0.15) is 11.3 Å². The van der Waals surface area contributed by atoms with Crippen LogP contribution in [0.1, 0.15) is 50.8 Å². The molecular weight excluding hydrogens is 562 g/mol. The molecule has 3 aromatic carbocycles. The Labute approximate surface area is 265 Å². The Morgan fingerprint density at radius 1 is 0.911 bits per heavy atom. The number of ether oxygens (including phenoxy) is 2. The van der Waals surface area contributed by atoms with Gasteiger partial charge in [-0.25, -0.2) is 9.78 Å². The fourth-order valence-corrected chi connectivity index (χ4v) is 6.00. The summed E-state index contributed by atoms with van der Waals surface area (Å²) in [5, 5.41) is 6.00. The summed E-state index contributed by atoms with van der Waals surface area (Å²) in [6.07, 6.45) is 2.97. The maximum absolute atomic E-state index is 12.6. The summed E-state index contributed by atoms with van der Waals surface area (Å²) < 4.78 is 14.2. The number of carbonyl (C=O) groups excluding carboxylic acids is 1. The van der Waals surface area contributed by atoms with E-state index in [9.17, 15) is 4.79 Å². The van der Waals surface area contributed by atoms with Gasteiger partial charge < -0.3 is 19.3 Å². The minimum Gasteiger partial charge on any atom is -0.464 e. The smallest absolute Gasteiger partial charge is 0.410 e. The molecule has 0 N–H and O–H groups in total. The van der Waals surface area contributed by atoms with Crippen molar-refractivity contribution >= 4 is 22.7 Å². The van der Waals surface area contributed by atoms with Gasteiger partial charge in [0, 0.05) is 50.5 Å². The lowest BCUT2D eigenvalue weighted by atomic mass is 10.0. The van der Waals surface area contributed by atoms with Gasteiger partial charge in [0.05, 0.1) is 11.1 Å². The molecule has 3 heterocycles. The first-order chi connectivity index (χ1) is 21.7. The molecule has 8 nitrogen and oxygen atoms in total. The van der Waals surface area contributed by atoms with E-state index >= 15 is 0 Å². The first-order valence-electron chi connectivity index (χ1n) is 15.6. The highest BCUT2D eigenvalue weighted by molar-refractivity contribution is 5.96. The lowest BCUT2D eigenvalue weighted by Gasteiger charge is -2.38. The quantitative estimate of drug-likeness (QED) is 0.190. The molecule has 1 aliphatic rings. The van der Waals surface area contributed by atoms with Gasteiger partial charge in [-0.3, -0.25) is 4.68 Å². The number of amides is 1. The number of aromatic nitrogens is 3. The molecule has 0 saturated carbocycles. The van der Waals surface area contributed by atoms with Crippen LogP contribution in [0.25, 0.3) is 22.2 Å². The number of benzene rings is 3. The highest BCUT2D eigenvalue weighted by Gasteiger charge is 2.29. The highest BCUT2D eigenvalue weighted by Crippen LogP contribution is 2.38. The van der Waals surface area contributed by atoms with Crippen molar-refractivity contribution in [1.29, 1.82) is 0 Å². The maximum Gasteiger partial charge on any atom is 0.410 e. The Morgan fingerprint density at radius 3 is 2.18 bits per heavy atom. The molecule has 2 aromatic heterocycles. The van der Waals surface area contributed by atoms with Crippen molar-refractivity contribution in [2.75, 3.05) is 25.0 Å². The minimum atomic E-state index is -0.490. The van der Waals surface area contributed by atoms with Crippen LogP contribution < -0.4 is 9.64 Å². The Kier molecular flexibility index (Phi) is 8.48. The van der Waals surface area contributed by atoms with Crippen molar-refractivity contribution in [2.45, 2.75) is 51.4 Å². The number of piperidine rings is 1. The van der Waals surface area contributed by atoms with E-state index in [-0.39, 0.29) is 12.2 Å². The standard InChI is InChI=1S/C37H41N5O3/c1-37(2,3)45-36(43)42-23-20-28(21-24-42)40(4)29-18-19-30-32(25-29)41(5)39-33(30)31-17-12-22-38-35(31)44-34(26-13-8-6-9-14-26)27-15-10-7-11-16-27/h6-19,22,25,28,34H,20-21,23-24H2,1-5H3. The van der Waals surface area contributed by atoms with Crippen molar-refractivity contribution < 1.29 is 14.3 Å². The predicted molar refractivity (Wildman–Crippen MR) is 179 cm³/mol. The van der Waals surface area contributed by atoms with Crippen LogP contribution in [0.5, 0.6) is 5.88 Å². The van der Waals surface area contributed by atoms with E-state index in [4.69, 9.17) is 19.6 Å². The predicted octanol–water partition coefficient (Wildman–Crippen LogP) is 7.64. The second-order valence-corrected chi connectivity index (χ2v) is 12.7. The minimum absolute atomic E-state index is 0.231. The summed E-state index contributed by atoms with van der Waals surface area (Å²) in [6, 6.07) is 31.2. The molecule has 45 heavy (non-hydrogen) atoms. The third-order valence-corrected chi connectivity index (χ3v) is 8.37. The maximum atomic E-state index is 12.6. The third kappa shape index (κ3) is 6.65. The average Bonchev–Trinajstić information content (AvgIpc) is 3.38. The van der Waals surface area contributed by atoms with Gasteiger partial charge >= 0.3 is 6.09 Å². The Hall–Kier alpha value is -4.85. The molecule has 1 amide bonds. The van der Waals surface area contributed by atoms with Crippen LogP contribution in [0, 0.1) is 0 Å². The number of anilines is 1. The third-order valence-electron chi connectivity index (χ3n) is 8.37. The van der Waals surface area contributed by atoms with E-state index < -0.39 is 5.60 Å². The molecule has 1 saturated heterocycles. The number of hydrogen-bond donors (Lipinski definition) is 0. The molecule has 0 spiro atoms. The molecule has 1 aliphatic heterocycles. The first kappa shape index (κ1) is 30.2. The summed E-state index contributed by atoms with van der Waals surface area (Å²) in [5.41, 5.74) is 5.43. The van der Waals surface area contributed by atoms with Gasteiger partial charge in [-0.15, -0.1) is 0 Å². The van der Waals surface area contributed by atoms with E-state index in [1.54, 1.807) is 6.20 Å². The highest BCUT2D eigenvalue weighted by atomic mass is 16.6. The van der Waals surface area contributed by atoms with Gasteiger partial charge in [-0.1, -0.05) is 60.7 Å². The molecule has 0 unspecified atom stereocenters. The van der Waals surface area contributed by atoms with E-state index in [1.807, 2.05) is 85.9 Å². The summed E-state index contributed by atoms with van der Waals surface area (Å²) in [4.78, 5) is 21.4. The number of hydrogen-bond acceptors (Lipinski definition) is 6. The molecule has 5 aromatic rings. The van der Waals surface area contributed by atoms with E-state index in [0.29, 0.717) is 25.0 Å². The Bertz CT molecular complexity index is 1720. The summed E-state index contributed by atoms with van der Waals surface area (Å²) in [5.74, 6) is 0.535. The van der Waals surface area contributed by atoms with Crippen LogP contribution in [-0.4, -0.2) is 57.5 Å². The molecule has 8 heteroatoms. The molecule has 1 fully saturated rings. The molecule has 232 valence electrons. The number of fused-ring (bicyclic) bond motifs is 1. The van der Waals surface area contributed by atoms with Crippen LogP contribution in [0.2, 0.25) is 0 Å². The lowest BCUT2D eigenvalue weighted by molar-refractivity contribution is 0.0205. The van der Waals surface area contributed by atoms with E-state index in [1.165, 1.54) is 0 Å². The van der Waals surface area contributed by atoms with Gasteiger partial charge in [-0.2, -0.15) is 5.10 Å². The zero-order valence-corrected chi connectivity index (χ0v) is 26.7. The van der Waals surface area contributed by atoms with Crippen molar-refractivity contribution in [3.05, 3.63) is 108 Å².